The molecule has 1 unspecified atom stereocenters. The number of aryl methyl sites for hydroxylation is 1. The number of hydrogen-bond acceptors (Lipinski definition) is 2. The second-order valence-electron chi connectivity index (χ2n) is 5.06. The molecule has 4 heteroatoms. The van der Waals surface area contributed by atoms with Gasteiger partial charge in [0.2, 0.25) is 5.91 Å². The summed E-state index contributed by atoms with van der Waals surface area (Å²) >= 11 is 3.44. The lowest BCUT2D eigenvalue weighted by molar-refractivity contribution is -0.116. The highest BCUT2D eigenvalue weighted by Gasteiger charge is 2.26. The van der Waals surface area contributed by atoms with E-state index < -0.39 is 0 Å². The number of anilines is 2. The van der Waals surface area contributed by atoms with Crippen LogP contribution in [0.3, 0.4) is 0 Å². The third-order valence-corrected chi connectivity index (χ3v) is 3.86. The van der Waals surface area contributed by atoms with Crippen LogP contribution in [0.4, 0.5) is 11.4 Å². The zero-order valence-corrected chi connectivity index (χ0v) is 12.7. The largest absolute Gasteiger partial charge is 0.373 e. The number of nitrogens with one attached hydrogen (secondary N) is 2. The molecule has 0 radical (unpaired) electrons. The van der Waals surface area contributed by atoms with Gasteiger partial charge in [-0.05, 0) is 42.3 Å². The molecule has 0 saturated heterocycles. The predicted molar refractivity (Wildman–Crippen MR) is 85.1 cm³/mol. The van der Waals surface area contributed by atoms with Crippen molar-refractivity contribution >= 4 is 33.2 Å². The fourth-order valence-corrected chi connectivity index (χ4v) is 3.10. The van der Waals surface area contributed by atoms with E-state index in [0.29, 0.717) is 0 Å². The van der Waals surface area contributed by atoms with E-state index in [4.69, 9.17) is 0 Å². The molecule has 2 aromatic carbocycles. The van der Waals surface area contributed by atoms with E-state index in [1.54, 1.807) is 0 Å². The number of halogens is 1. The monoisotopic (exact) mass is 330 g/mol. The van der Waals surface area contributed by atoms with E-state index in [0.717, 1.165) is 27.8 Å². The van der Waals surface area contributed by atoms with Gasteiger partial charge in [0.15, 0.2) is 0 Å². The summed E-state index contributed by atoms with van der Waals surface area (Å²) in [5.41, 5.74) is 4.17. The Labute approximate surface area is 126 Å². The van der Waals surface area contributed by atoms with Crippen LogP contribution in [0.2, 0.25) is 0 Å². The Morgan fingerprint density at radius 1 is 1.30 bits per heavy atom. The predicted octanol–water partition coefficient (Wildman–Crippen LogP) is 3.73. The lowest BCUT2D eigenvalue weighted by atomic mass is 10.1. The Balaban J connectivity index is 1.72. The van der Waals surface area contributed by atoms with E-state index in [9.17, 15) is 4.79 Å². The van der Waals surface area contributed by atoms with Gasteiger partial charge < -0.3 is 10.6 Å². The van der Waals surface area contributed by atoms with Crippen molar-refractivity contribution in [3.63, 3.8) is 0 Å². The molecule has 20 heavy (non-hydrogen) atoms. The minimum atomic E-state index is -0.202. The van der Waals surface area contributed by atoms with Crippen LogP contribution in [0, 0.1) is 6.92 Å². The maximum Gasteiger partial charge on any atom is 0.247 e. The summed E-state index contributed by atoms with van der Waals surface area (Å²) in [6.07, 6.45) is 0.731. The van der Waals surface area contributed by atoms with E-state index in [2.05, 4.69) is 32.6 Å². The van der Waals surface area contributed by atoms with Crippen molar-refractivity contribution in [2.24, 2.45) is 0 Å². The van der Waals surface area contributed by atoms with Gasteiger partial charge in [-0.3, -0.25) is 4.79 Å². The topological polar surface area (TPSA) is 41.1 Å². The minimum Gasteiger partial charge on any atom is -0.373 e. The van der Waals surface area contributed by atoms with Crippen LogP contribution in [-0.2, 0) is 11.2 Å². The van der Waals surface area contributed by atoms with E-state index in [1.807, 2.05) is 43.3 Å². The number of para-hydroxylation sites is 1. The molecule has 1 heterocycles. The first kappa shape index (κ1) is 13.2. The molecule has 0 aliphatic carbocycles. The van der Waals surface area contributed by atoms with Gasteiger partial charge in [-0.25, -0.2) is 0 Å². The van der Waals surface area contributed by atoms with Crippen molar-refractivity contribution < 1.29 is 4.79 Å². The van der Waals surface area contributed by atoms with Crippen molar-refractivity contribution in [1.82, 2.24) is 0 Å². The third kappa shape index (κ3) is 2.70. The molecule has 1 aliphatic rings. The number of carbonyl (C=O) groups excluding carboxylic acids is 1. The molecule has 3 rings (SSSR count). The average molecular weight is 331 g/mol. The zero-order chi connectivity index (χ0) is 14.1. The molecule has 2 N–H and O–H groups in total. The Morgan fingerprint density at radius 2 is 2.10 bits per heavy atom. The molecular weight excluding hydrogens is 316 g/mol. The quantitative estimate of drug-likeness (QED) is 0.880. The standard InChI is InChI=1S/C16H15BrN2O/c1-10-6-12(17)9-13(7-10)18-16(20)15-8-11-4-2-3-5-14(11)19-15/h2-7,9,15,19H,8H2,1H3,(H,18,20). The Hall–Kier alpha value is -1.81. The van der Waals surface area contributed by atoms with Gasteiger partial charge in [0, 0.05) is 22.3 Å². The van der Waals surface area contributed by atoms with Crippen LogP contribution in [0.15, 0.2) is 46.9 Å². The van der Waals surface area contributed by atoms with Crippen LogP contribution < -0.4 is 10.6 Å². The molecule has 1 atom stereocenters. The highest BCUT2D eigenvalue weighted by Crippen LogP contribution is 2.26. The first-order valence-corrected chi connectivity index (χ1v) is 7.33. The van der Waals surface area contributed by atoms with Gasteiger partial charge in [-0.2, -0.15) is 0 Å². The Morgan fingerprint density at radius 3 is 2.85 bits per heavy atom. The molecule has 102 valence electrons. The van der Waals surface area contributed by atoms with Gasteiger partial charge in [-0.1, -0.05) is 34.1 Å². The van der Waals surface area contributed by atoms with Gasteiger partial charge in [0.25, 0.3) is 0 Å². The van der Waals surface area contributed by atoms with Crippen LogP contribution in [0.5, 0.6) is 0 Å². The lowest BCUT2D eigenvalue weighted by Gasteiger charge is -2.12. The molecular formula is C16H15BrN2O. The first-order chi connectivity index (χ1) is 9.61. The van der Waals surface area contributed by atoms with Gasteiger partial charge in [0.1, 0.15) is 6.04 Å². The summed E-state index contributed by atoms with van der Waals surface area (Å²) < 4.78 is 0.968. The molecule has 0 saturated carbocycles. The minimum absolute atomic E-state index is 0.00120. The van der Waals surface area contributed by atoms with E-state index >= 15 is 0 Å². The molecule has 1 aliphatic heterocycles. The first-order valence-electron chi connectivity index (χ1n) is 6.54. The number of fused-ring (bicyclic) bond motifs is 1. The molecule has 0 spiro atoms. The van der Waals surface area contributed by atoms with Gasteiger partial charge >= 0.3 is 0 Å². The Kier molecular flexibility index (Phi) is 3.49. The maximum atomic E-state index is 12.3. The summed E-state index contributed by atoms with van der Waals surface area (Å²) in [6, 6.07) is 13.7. The molecule has 0 fully saturated rings. The molecule has 1 amide bonds. The zero-order valence-electron chi connectivity index (χ0n) is 11.1. The van der Waals surface area contributed by atoms with Crippen molar-refractivity contribution in [3.8, 4) is 0 Å². The van der Waals surface area contributed by atoms with Gasteiger partial charge in [-0.15, -0.1) is 0 Å². The maximum absolute atomic E-state index is 12.3. The summed E-state index contributed by atoms with van der Waals surface area (Å²) in [7, 11) is 0. The van der Waals surface area contributed by atoms with Crippen LogP contribution in [0.1, 0.15) is 11.1 Å². The highest BCUT2D eigenvalue weighted by atomic mass is 79.9. The smallest absolute Gasteiger partial charge is 0.247 e. The summed E-state index contributed by atoms with van der Waals surface area (Å²) in [5.74, 6) is -0.00120. The SMILES string of the molecule is Cc1cc(Br)cc(NC(=O)C2Cc3ccccc3N2)c1. The number of amides is 1. The Bertz CT molecular complexity index is 624. The van der Waals surface area contributed by atoms with Crippen LogP contribution >= 0.6 is 15.9 Å². The highest BCUT2D eigenvalue weighted by molar-refractivity contribution is 9.10. The molecule has 3 nitrogen and oxygen atoms in total. The van der Waals surface area contributed by atoms with Gasteiger partial charge in [0.05, 0.1) is 0 Å². The fraction of sp³-hybridized carbons (Fsp3) is 0.188. The van der Waals surface area contributed by atoms with E-state index in [-0.39, 0.29) is 11.9 Å². The summed E-state index contributed by atoms with van der Waals surface area (Å²) in [5, 5.41) is 6.23. The van der Waals surface area contributed by atoms with Crippen LogP contribution in [0.25, 0.3) is 0 Å². The molecule has 0 bridgehead atoms. The van der Waals surface area contributed by atoms with Crippen molar-refractivity contribution in [3.05, 3.63) is 58.1 Å². The summed E-state index contributed by atoms with van der Waals surface area (Å²) in [6.45, 7) is 2.00. The fourth-order valence-electron chi connectivity index (χ4n) is 2.49. The van der Waals surface area contributed by atoms with Crippen molar-refractivity contribution in [2.75, 3.05) is 10.6 Å². The number of benzene rings is 2. The number of rotatable bonds is 2. The number of hydrogen-bond donors (Lipinski definition) is 2. The third-order valence-electron chi connectivity index (χ3n) is 3.40. The summed E-state index contributed by atoms with van der Waals surface area (Å²) in [4.78, 5) is 12.3. The van der Waals surface area contributed by atoms with Crippen LogP contribution in [-0.4, -0.2) is 11.9 Å². The number of carbonyl (C=O) groups is 1. The normalized spacial score (nSPS) is 16.4. The molecule has 2 aromatic rings. The second-order valence-corrected chi connectivity index (χ2v) is 5.98. The molecule has 0 aromatic heterocycles. The van der Waals surface area contributed by atoms with E-state index in [1.165, 1.54) is 5.56 Å². The van der Waals surface area contributed by atoms with Crippen molar-refractivity contribution in [2.45, 2.75) is 19.4 Å². The lowest BCUT2D eigenvalue weighted by Crippen LogP contribution is -2.32. The average Bonchev–Trinajstić information content (AvgIpc) is 2.81. The van der Waals surface area contributed by atoms with Crippen molar-refractivity contribution in [1.29, 1.82) is 0 Å². The second kappa shape index (κ2) is 5.29.